The number of fused-ring (bicyclic) bond motifs is 1. The Hall–Kier alpha value is -1.71. The van der Waals surface area contributed by atoms with Gasteiger partial charge >= 0.3 is 0 Å². The molecule has 0 aliphatic carbocycles. The SMILES string of the molecule is COc1ccc2c(c1)[C@@H](O)CC(c1cccc(Cl)c1)O2. The molecule has 0 aromatic heterocycles. The minimum Gasteiger partial charge on any atom is -0.497 e. The first-order valence-corrected chi connectivity index (χ1v) is 6.83. The molecule has 0 bridgehead atoms. The van der Waals surface area contributed by atoms with Crippen LogP contribution in [0.5, 0.6) is 11.5 Å². The molecule has 1 unspecified atom stereocenters. The molecular formula is C16H15ClO3. The van der Waals surface area contributed by atoms with Crippen LogP contribution in [0.1, 0.15) is 29.8 Å². The zero-order valence-electron chi connectivity index (χ0n) is 11.0. The van der Waals surface area contributed by atoms with E-state index in [1.807, 2.05) is 42.5 Å². The van der Waals surface area contributed by atoms with Gasteiger partial charge in [-0.25, -0.2) is 0 Å². The molecule has 0 spiro atoms. The van der Waals surface area contributed by atoms with Crippen molar-refractivity contribution >= 4 is 11.6 Å². The van der Waals surface area contributed by atoms with Crippen LogP contribution in [0.15, 0.2) is 42.5 Å². The second kappa shape index (κ2) is 5.35. The summed E-state index contributed by atoms with van der Waals surface area (Å²) in [6.45, 7) is 0. The Balaban J connectivity index is 1.93. The van der Waals surface area contributed by atoms with Crippen molar-refractivity contribution in [2.75, 3.05) is 7.11 Å². The second-order valence-electron chi connectivity index (χ2n) is 4.82. The molecule has 104 valence electrons. The summed E-state index contributed by atoms with van der Waals surface area (Å²) in [6.07, 6.45) is -0.261. The predicted octanol–water partition coefficient (Wildman–Crippen LogP) is 3.91. The molecule has 0 saturated carbocycles. The van der Waals surface area contributed by atoms with E-state index in [0.717, 1.165) is 11.1 Å². The summed E-state index contributed by atoms with van der Waals surface area (Å²) in [7, 11) is 1.60. The van der Waals surface area contributed by atoms with Crippen LogP contribution in [0.4, 0.5) is 0 Å². The van der Waals surface area contributed by atoms with Crippen LogP contribution in [0.25, 0.3) is 0 Å². The Kier molecular flexibility index (Phi) is 3.55. The van der Waals surface area contributed by atoms with E-state index >= 15 is 0 Å². The van der Waals surface area contributed by atoms with Crippen LogP contribution < -0.4 is 9.47 Å². The zero-order chi connectivity index (χ0) is 14.1. The van der Waals surface area contributed by atoms with Crippen molar-refractivity contribution in [2.45, 2.75) is 18.6 Å². The highest BCUT2D eigenvalue weighted by atomic mass is 35.5. The van der Waals surface area contributed by atoms with Gasteiger partial charge in [-0.15, -0.1) is 0 Å². The monoisotopic (exact) mass is 290 g/mol. The summed E-state index contributed by atoms with van der Waals surface area (Å²) in [6, 6.07) is 13.0. The smallest absolute Gasteiger partial charge is 0.127 e. The lowest BCUT2D eigenvalue weighted by molar-refractivity contribution is 0.0654. The second-order valence-corrected chi connectivity index (χ2v) is 5.25. The molecule has 3 rings (SSSR count). The van der Waals surface area contributed by atoms with Crippen molar-refractivity contribution < 1.29 is 14.6 Å². The van der Waals surface area contributed by atoms with Crippen LogP contribution in [-0.4, -0.2) is 12.2 Å². The Morgan fingerprint density at radius 1 is 1.25 bits per heavy atom. The molecular weight excluding hydrogens is 276 g/mol. The van der Waals surface area contributed by atoms with Gasteiger partial charge in [-0.1, -0.05) is 23.7 Å². The standard InChI is InChI=1S/C16H15ClO3/c1-19-12-5-6-15-13(8-12)14(18)9-16(20-15)10-3-2-4-11(17)7-10/h2-8,14,16,18H,9H2,1H3/t14-,16?/m0/s1. The first-order chi connectivity index (χ1) is 9.67. The Bertz CT molecular complexity index is 627. The normalized spacial score (nSPS) is 20.9. The number of hydrogen-bond acceptors (Lipinski definition) is 3. The average Bonchev–Trinajstić information content (AvgIpc) is 2.47. The highest BCUT2D eigenvalue weighted by Gasteiger charge is 2.28. The van der Waals surface area contributed by atoms with E-state index in [1.54, 1.807) is 7.11 Å². The highest BCUT2D eigenvalue weighted by molar-refractivity contribution is 6.30. The van der Waals surface area contributed by atoms with Crippen molar-refractivity contribution in [3.8, 4) is 11.5 Å². The van der Waals surface area contributed by atoms with E-state index in [0.29, 0.717) is 22.9 Å². The van der Waals surface area contributed by atoms with E-state index in [2.05, 4.69) is 0 Å². The van der Waals surface area contributed by atoms with Gasteiger partial charge in [0.1, 0.15) is 17.6 Å². The number of aliphatic hydroxyl groups is 1. The van der Waals surface area contributed by atoms with Gasteiger partial charge in [0.2, 0.25) is 0 Å². The van der Waals surface area contributed by atoms with Crippen LogP contribution >= 0.6 is 11.6 Å². The summed E-state index contributed by atoms with van der Waals surface area (Å²) in [4.78, 5) is 0. The molecule has 1 heterocycles. The average molecular weight is 291 g/mol. The van der Waals surface area contributed by atoms with Crippen LogP contribution in [-0.2, 0) is 0 Å². The van der Waals surface area contributed by atoms with Crippen LogP contribution in [0.3, 0.4) is 0 Å². The molecule has 0 saturated heterocycles. The summed E-state index contributed by atoms with van der Waals surface area (Å²) in [5.41, 5.74) is 1.74. The number of rotatable bonds is 2. The molecule has 0 fully saturated rings. The third kappa shape index (κ3) is 2.47. The summed E-state index contributed by atoms with van der Waals surface area (Å²) in [5.74, 6) is 1.40. The van der Waals surface area contributed by atoms with E-state index in [9.17, 15) is 5.11 Å². The number of methoxy groups -OCH3 is 1. The van der Waals surface area contributed by atoms with Gasteiger partial charge in [-0.2, -0.15) is 0 Å². The van der Waals surface area contributed by atoms with Crippen LogP contribution in [0, 0.1) is 0 Å². The third-order valence-corrected chi connectivity index (χ3v) is 3.74. The van der Waals surface area contributed by atoms with Gasteiger partial charge in [0.25, 0.3) is 0 Å². The maximum Gasteiger partial charge on any atom is 0.127 e. The van der Waals surface area contributed by atoms with E-state index in [-0.39, 0.29) is 6.10 Å². The summed E-state index contributed by atoms with van der Waals surface area (Å²) >= 11 is 6.01. The molecule has 0 radical (unpaired) electrons. The highest BCUT2D eigenvalue weighted by Crippen LogP contribution is 2.42. The lowest BCUT2D eigenvalue weighted by atomic mass is 9.95. The van der Waals surface area contributed by atoms with Gasteiger partial charge in [0.05, 0.1) is 13.2 Å². The van der Waals surface area contributed by atoms with Crippen molar-refractivity contribution in [3.05, 3.63) is 58.6 Å². The third-order valence-electron chi connectivity index (χ3n) is 3.50. The lowest BCUT2D eigenvalue weighted by Gasteiger charge is -2.30. The number of benzene rings is 2. The summed E-state index contributed by atoms with van der Waals surface area (Å²) in [5, 5.41) is 11.0. The fraction of sp³-hybridized carbons (Fsp3) is 0.250. The van der Waals surface area contributed by atoms with Gasteiger partial charge in [0.15, 0.2) is 0 Å². The number of ether oxygens (including phenoxy) is 2. The molecule has 1 aliphatic heterocycles. The molecule has 0 amide bonds. The Morgan fingerprint density at radius 2 is 2.10 bits per heavy atom. The predicted molar refractivity (Wildman–Crippen MR) is 77.4 cm³/mol. The molecule has 3 nitrogen and oxygen atoms in total. The Labute approximate surface area is 122 Å². The van der Waals surface area contributed by atoms with Crippen LogP contribution in [0.2, 0.25) is 5.02 Å². The van der Waals surface area contributed by atoms with Crippen molar-refractivity contribution in [1.82, 2.24) is 0 Å². The van der Waals surface area contributed by atoms with Gasteiger partial charge in [-0.05, 0) is 35.9 Å². The fourth-order valence-electron chi connectivity index (χ4n) is 2.46. The fourth-order valence-corrected chi connectivity index (χ4v) is 2.66. The van der Waals surface area contributed by atoms with Crippen molar-refractivity contribution in [3.63, 3.8) is 0 Å². The van der Waals surface area contributed by atoms with E-state index in [4.69, 9.17) is 21.1 Å². The first kappa shape index (κ1) is 13.3. The Morgan fingerprint density at radius 3 is 2.85 bits per heavy atom. The number of aliphatic hydroxyl groups excluding tert-OH is 1. The minimum atomic E-state index is -0.571. The van der Waals surface area contributed by atoms with Crippen molar-refractivity contribution in [1.29, 1.82) is 0 Å². The molecule has 20 heavy (non-hydrogen) atoms. The number of halogens is 1. The lowest BCUT2D eigenvalue weighted by Crippen LogP contribution is -2.19. The molecule has 2 atom stereocenters. The molecule has 4 heteroatoms. The molecule has 1 N–H and O–H groups in total. The minimum absolute atomic E-state index is 0.190. The maximum absolute atomic E-state index is 10.3. The summed E-state index contributed by atoms with van der Waals surface area (Å²) < 4.78 is 11.1. The largest absolute Gasteiger partial charge is 0.497 e. The zero-order valence-corrected chi connectivity index (χ0v) is 11.8. The molecule has 2 aromatic rings. The van der Waals surface area contributed by atoms with Gasteiger partial charge in [-0.3, -0.25) is 0 Å². The maximum atomic E-state index is 10.3. The van der Waals surface area contributed by atoms with Gasteiger partial charge in [0, 0.05) is 17.0 Å². The van der Waals surface area contributed by atoms with E-state index in [1.165, 1.54) is 0 Å². The number of hydrogen-bond donors (Lipinski definition) is 1. The van der Waals surface area contributed by atoms with E-state index < -0.39 is 6.10 Å². The van der Waals surface area contributed by atoms with Gasteiger partial charge < -0.3 is 14.6 Å². The molecule has 1 aliphatic rings. The quantitative estimate of drug-likeness (QED) is 0.911. The topological polar surface area (TPSA) is 38.7 Å². The van der Waals surface area contributed by atoms with Crippen molar-refractivity contribution in [2.24, 2.45) is 0 Å². The first-order valence-electron chi connectivity index (χ1n) is 6.45. The molecule has 2 aromatic carbocycles.